The monoisotopic (exact) mass is 644 g/mol. The lowest BCUT2D eigenvalue weighted by Crippen LogP contribution is -2.32. The molecule has 1 N–H and O–H groups in total. The van der Waals surface area contributed by atoms with Crippen molar-refractivity contribution in [3.05, 3.63) is 139 Å². The molecule has 0 aliphatic carbocycles. The highest BCUT2D eigenvalue weighted by molar-refractivity contribution is 7.98. The van der Waals surface area contributed by atoms with Crippen molar-refractivity contribution in [1.82, 2.24) is 20.1 Å². The third-order valence-electron chi connectivity index (χ3n) is 6.17. The van der Waals surface area contributed by atoms with Gasteiger partial charge in [0.1, 0.15) is 5.82 Å². The summed E-state index contributed by atoms with van der Waals surface area (Å²) in [6.07, 6.45) is 0.407. The van der Waals surface area contributed by atoms with Crippen LogP contribution >= 0.6 is 58.2 Å². The molecule has 1 heterocycles. The predicted octanol–water partition coefficient (Wildman–Crippen LogP) is 9.03. The van der Waals surface area contributed by atoms with E-state index in [4.69, 9.17) is 46.4 Å². The average molecular weight is 646 g/mol. The normalized spacial score (nSPS) is 11.8. The summed E-state index contributed by atoms with van der Waals surface area (Å²) in [6.45, 7) is 0. The highest BCUT2D eigenvalue weighted by atomic mass is 35.5. The zero-order valence-electron chi connectivity index (χ0n) is 21.2. The first kappa shape index (κ1) is 29.4. The number of carbonyl (C=O) groups is 1. The molecule has 0 radical (unpaired) electrons. The third kappa shape index (κ3) is 7.23. The Labute approximate surface area is 260 Å². The maximum absolute atomic E-state index is 13.5. The molecule has 1 atom stereocenters. The van der Waals surface area contributed by atoms with Gasteiger partial charge in [0.2, 0.25) is 0 Å². The summed E-state index contributed by atoms with van der Waals surface area (Å²) < 4.78 is 15.3. The number of thioether (sulfide) groups is 1. The Morgan fingerprint density at radius 1 is 0.829 bits per heavy atom. The lowest BCUT2D eigenvalue weighted by Gasteiger charge is -2.21. The van der Waals surface area contributed by atoms with Crippen molar-refractivity contribution >= 4 is 64.1 Å². The third-order valence-corrected chi connectivity index (χ3v) is 8.25. The molecule has 0 fully saturated rings. The number of nitrogens with zero attached hydrogens (tertiary/aromatic N) is 3. The number of benzene rings is 4. The Morgan fingerprint density at radius 2 is 1.51 bits per heavy atom. The van der Waals surface area contributed by atoms with Gasteiger partial charge in [-0.25, -0.2) is 4.39 Å². The van der Waals surface area contributed by atoms with Gasteiger partial charge in [0.05, 0.1) is 27.3 Å². The fourth-order valence-corrected chi connectivity index (χ4v) is 6.08. The molecule has 0 spiro atoms. The van der Waals surface area contributed by atoms with Gasteiger partial charge in [0.15, 0.2) is 11.0 Å². The lowest BCUT2D eigenvalue weighted by molar-refractivity contribution is 0.0934. The molecule has 4 aromatic carbocycles. The molecule has 5 aromatic rings. The molecular weight excluding hydrogens is 625 g/mol. The van der Waals surface area contributed by atoms with Crippen molar-refractivity contribution in [2.24, 2.45) is 0 Å². The number of amides is 1. The number of hydrogen-bond donors (Lipinski definition) is 1. The second kappa shape index (κ2) is 13.3. The van der Waals surface area contributed by atoms with Gasteiger partial charge in [-0.15, -0.1) is 10.2 Å². The van der Waals surface area contributed by atoms with Crippen LogP contribution in [-0.4, -0.2) is 20.7 Å². The largest absolute Gasteiger partial charge is 0.342 e. The first-order chi connectivity index (χ1) is 19.8. The van der Waals surface area contributed by atoms with Crippen molar-refractivity contribution in [1.29, 1.82) is 0 Å². The lowest BCUT2D eigenvalue weighted by atomic mass is 10.0. The van der Waals surface area contributed by atoms with Crippen LogP contribution in [0.2, 0.25) is 20.1 Å². The molecule has 0 saturated carbocycles. The van der Waals surface area contributed by atoms with Gasteiger partial charge in [-0.3, -0.25) is 9.36 Å². The van der Waals surface area contributed by atoms with E-state index in [-0.39, 0.29) is 16.4 Å². The van der Waals surface area contributed by atoms with E-state index in [1.807, 2.05) is 34.9 Å². The van der Waals surface area contributed by atoms with Crippen LogP contribution in [0.4, 0.5) is 4.39 Å². The van der Waals surface area contributed by atoms with Crippen LogP contribution in [0.3, 0.4) is 0 Å². The summed E-state index contributed by atoms with van der Waals surface area (Å²) >= 11 is 26.7. The zero-order chi connectivity index (χ0) is 28.9. The van der Waals surface area contributed by atoms with Crippen LogP contribution in [0.25, 0.3) is 5.69 Å². The number of hydrogen-bond acceptors (Lipinski definition) is 4. The van der Waals surface area contributed by atoms with E-state index in [1.54, 1.807) is 42.5 Å². The molecule has 0 bridgehead atoms. The van der Waals surface area contributed by atoms with Crippen molar-refractivity contribution < 1.29 is 9.18 Å². The highest BCUT2D eigenvalue weighted by Crippen LogP contribution is 2.33. The number of nitrogens with one attached hydrogen (secondary N) is 1. The van der Waals surface area contributed by atoms with Crippen molar-refractivity contribution in [3.63, 3.8) is 0 Å². The minimum atomic E-state index is -0.629. The molecule has 208 valence electrons. The Balaban J connectivity index is 1.57. The van der Waals surface area contributed by atoms with Gasteiger partial charge < -0.3 is 5.32 Å². The van der Waals surface area contributed by atoms with Gasteiger partial charge in [-0.05, 0) is 66.1 Å². The summed E-state index contributed by atoms with van der Waals surface area (Å²) in [6, 6.07) is 25.2. The van der Waals surface area contributed by atoms with Crippen LogP contribution < -0.4 is 5.32 Å². The molecule has 41 heavy (non-hydrogen) atoms. The number of aromatic nitrogens is 3. The molecule has 11 heteroatoms. The fourth-order valence-electron chi connectivity index (χ4n) is 4.18. The molecule has 0 aliphatic rings. The second-order valence-corrected chi connectivity index (χ2v) is 11.7. The van der Waals surface area contributed by atoms with E-state index >= 15 is 0 Å². The first-order valence-corrected chi connectivity index (χ1v) is 14.9. The fraction of sp³-hybridized carbons (Fsp3) is 0.100. The minimum absolute atomic E-state index is 0.228. The van der Waals surface area contributed by atoms with E-state index < -0.39 is 11.9 Å². The molecular formula is C30H21Cl4FN4OS. The van der Waals surface area contributed by atoms with E-state index in [0.717, 1.165) is 11.1 Å². The van der Waals surface area contributed by atoms with Crippen molar-refractivity contribution in [2.45, 2.75) is 23.4 Å². The van der Waals surface area contributed by atoms with Crippen LogP contribution in [0, 0.1) is 5.82 Å². The highest BCUT2D eigenvalue weighted by Gasteiger charge is 2.27. The second-order valence-electron chi connectivity index (χ2n) is 9.03. The molecule has 0 saturated heterocycles. The van der Waals surface area contributed by atoms with E-state index in [2.05, 4.69) is 15.5 Å². The Bertz CT molecular complexity index is 1680. The standard InChI is InChI=1S/C30H21Cl4FN4OS/c31-20-8-12-23(24(33)15-20)29(40)36-26(14-18-4-2-1-3-5-18)28-37-38-30(41-17-19-6-10-22(35)11-7-19)39(28)27-13-9-21(32)16-25(27)34/h1-13,15-16,26H,14,17H2,(H,36,40). The smallest absolute Gasteiger partial charge is 0.253 e. The SMILES string of the molecule is O=C(NC(Cc1ccccc1)c1nnc(SCc2ccc(F)cc2)n1-c1ccc(Cl)cc1Cl)c1ccc(Cl)cc1Cl. The topological polar surface area (TPSA) is 59.8 Å². The summed E-state index contributed by atoms with van der Waals surface area (Å²) in [5.41, 5.74) is 2.74. The maximum Gasteiger partial charge on any atom is 0.253 e. The molecule has 1 amide bonds. The quantitative estimate of drug-likeness (QED) is 0.163. The van der Waals surface area contributed by atoms with E-state index in [0.29, 0.717) is 43.9 Å². The van der Waals surface area contributed by atoms with Crippen LogP contribution in [0.1, 0.15) is 33.4 Å². The summed E-state index contributed by atoms with van der Waals surface area (Å²) in [4.78, 5) is 13.5. The number of carbonyl (C=O) groups excluding carboxylic acids is 1. The van der Waals surface area contributed by atoms with E-state index in [9.17, 15) is 9.18 Å². The summed E-state index contributed by atoms with van der Waals surface area (Å²) in [5.74, 6) is 0.250. The van der Waals surface area contributed by atoms with Crippen LogP contribution in [0.5, 0.6) is 0 Å². The van der Waals surface area contributed by atoms with Gasteiger partial charge in [-0.1, -0.05) is 101 Å². The molecule has 5 nitrogen and oxygen atoms in total. The maximum atomic E-state index is 13.5. The van der Waals surface area contributed by atoms with Gasteiger partial charge in [-0.2, -0.15) is 0 Å². The molecule has 1 unspecified atom stereocenters. The van der Waals surface area contributed by atoms with Gasteiger partial charge in [0.25, 0.3) is 5.91 Å². The van der Waals surface area contributed by atoms with Crippen molar-refractivity contribution in [3.8, 4) is 5.69 Å². The van der Waals surface area contributed by atoms with Crippen molar-refractivity contribution in [2.75, 3.05) is 0 Å². The average Bonchev–Trinajstić information content (AvgIpc) is 3.36. The van der Waals surface area contributed by atoms with Gasteiger partial charge >= 0.3 is 0 Å². The summed E-state index contributed by atoms with van der Waals surface area (Å²) in [7, 11) is 0. The molecule has 0 aliphatic heterocycles. The number of halogens is 5. The molecule has 5 rings (SSSR count). The zero-order valence-corrected chi connectivity index (χ0v) is 25.0. The number of rotatable bonds is 9. The predicted molar refractivity (Wildman–Crippen MR) is 164 cm³/mol. The van der Waals surface area contributed by atoms with E-state index in [1.165, 1.54) is 30.0 Å². The minimum Gasteiger partial charge on any atom is -0.342 e. The Hall–Kier alpha value is -3.07. The molecule has 1 aromatic heterocycles. The van der Waals surface area contributed by atoms with Gasteiger partial charge in [0, 0.05) is 15.8 Å². The summed E-state index contributed by atoms with van der Waals surface area (Å²) in [5, 5.41) is 14.1. The van der Waals surface area contributed by atoms with Crippen LogP contribution in [-0.2, 0) is 12.2 Å². The Morgan fingerprint density at radius 3 is 2.20 bits per heavy atom. The van der Waals surface area contributed by atoms with Crippen LogP contribution in [0.15, 0.2) is 96.2 Å². The first-order valence-electron chi connectivity index (χ1n) is 12.4. The Kier molecular flexibility index (Phi) is 9.53.